The van der Waals surface area contributed by atoms with Gasteiger partial charge in [-0.15, -0.1) is 0 Å². The molecule has 2 aliphatic rings. The first kappa shape index (κ1) is 9.47. The SMILES string of the molecule is CC1CCCCN1C1CCCC1N. The Kier molecular flexibility index (Phi) is 2.89. The Morgan fingerprint density at radius 1 is 1.08 bits per heavy atom. The molecular weight excluding hydrogens is 160 g/mol. The van der Waals surface area contributed by atoms with Crippen molar-refractivity contribution in [3.05, 3.63) is 0 Å². The Morgan fingerprint density at radius 3 is 2.54 bits per heavy atom. The first-order chi connectivity index (χ1) is 6.29. The zero-order valence-electron chi connectivity index (χ0n) is 8.71. The minimum atomic E-state index is 0.459. The molecule has 2 nitrogen and oxygen atoms in total. The predicted molar refractivity (Wildman–Crippen MR) is 55.6 cm³/mol. The van der Waals surface area contributed by atoms with Crippen LogP contribution in [0.25, 0.3) is 0 Å². The summed E-state index contributed by atoms with van der Waals surface area (Å²) < 4.78 is 0. The maximum Gasteiger partial charge on any atom is 0.0250 e. The molecule has 1 saturated heterocycles. The molecule has 1 aliphatic heterocycles. The number of nitrogens with two attached hydrogens (primary N) is 1. The highest BCUT2D eigenvalue weighted by atomic mass is 15.2. The van der Waals surface area contributed by atoms with E-state index in [0.29, 0.717) is 12.1 Å². The van der Waals surface area contributed by atoms with E-state index in [2.05, 4.69) is 11.8 Å². The highest BCUT2D eigenvalue weighted by Crippen LogP contribution is 2.28. The molecule has 2 fully saturated rings. The Bertz CT molecular complexity index is 169. The monoisotopic (exact) mass is 182 g/mol. The molecule has 0 amide bonds. The summed E-state index contributed by atoms with van der Waals surface area (Å²) in [7, 11) is 0. The summed E-state index contributed by atoms with van der Waals surface area (Å²) in [6, 6.07) is 1.94. The quantitative estimate of drug-likeness (QED) is 0.669. The third-order valence-corrected chi connectivity index (χ3v) is 3.81. The van der Waals surface area contributed by atoms with E-state index in [4.69, 9.17) is 5.73 Å². The summed E-state index contributed by atoms with van der Waals surface area (Å²) >= 11 is 0. The predicted octanol–water partition coefficient (Wildman–Crippen LogP) is 1.74. The zero-order chi connectivity index (χ0) is 9.26. The molecule has 1 heterocycles. The average Bonchev–Trinajstić information content (AvgIpc) is 2.52. The van der Waals surface area contributed by atoms with Gasteiger partial charge in [0.2, 0.25) is 0 Å². The minimum absolute atomic E-state index is 0.459. The van der Waals surface area contributed by atoms with Gasteiger partial charge in [0.25, 0.3) is 0 Å². The highest BCUT2D eigenvalue weighted by molar-refractivity contribution is 4.91. The largest absolute Gasteiger partial charge is 0.326 e. The van der Waals surface area contributed by atoms with Gasteiger partial charge in [-0.2, -0.15) is 0 Å². The van der Waals surface area contributed by atoms with Crippen molar-refractivity contribution in [1.82, 2.24) is 4.90 Å². The van der Waals surface area contributed by atoms with Crippen LogP contribution in [0.1, 0.15) is 45.4 Å². The third kappa shape index (κ3) is 1.89. The van der Waals surface area contributed by atoms with Crippen molar-refractivity contribution in [3.63, 3.8) is 0 Å². The van der Waals surface area contributed by atoms with Crippen LogP contribution in [-0.2, 0) is 0 Å². The van der Waals surface area contributed by atoms with Crippen LogP contribution in [0.15, 0.2) is 0 Å². The number of piperidine rings is 1. The topological polar surface area (TPSA) is 29.3 Å². The van der Waals surface area contributed by atoms with Crippen molar-refractivity contribution >= 4 is 0 Å². The van der Waals surface area contributed by atoms with Crippen LogP contribution >= 0.6 is 0 Å². The summed E-state index contributed by atoms with van der Waals surface area (Å²) in [5, 5.41) is 0. The molecule has 0 aromatic heterocycles. The molecule has 0 radical (unpaired) electrons. The van der Waals surface area contributed by atoms with Gasteiger partial charge in [-0.25, -0.2) is 0 Å². The van der Waals surface area contributed by atoms with E-state index in [9.17, 15) is 0 Å². The number of likely N-dealkylation sites (tertiary alicyclic amines) is 1. The van der Waals surface area contributed by atoms with Crippen molar-refractivity contribution in [2.24, 2.45) is 5.73 Å². The van der Waals surface area contributed by atoms with Crippen molar-refractivity contribution in [3.8, 4) is 0 Å². The van der Waals surface area contributed by atoms with Crippen LogP contribution in [0, 0.1) is 0 Å². The van der Waals surface area contributed by atoms with Gasteiger partial charge in [-0.3, -0.25) is 4.90 Å². The Morgan fingerprint density at radius 2 is 1.92 bits per heavy atom. The third-order valence-electron chi connectivity index (χ3n) is 3.81. The van der Waals surface area contributed by atoms with Gasteiger partial charge in [0.05, 0.1) is 0 Å². The molecular formula is C11H22N2. The molecule has 0 aromatic carbocycles. The fraction of sp³-hybridized carbons (Fsp3) is 1.00. The van der Waals surface area contributed by atoms with Crippen LogP contribution in [0.5, 0.6) is 0 Å². The van der Waals surface area contributed by atoms with Crippen LogP contribution in [-0.4, -0.2) is 29.6 Å². The van der Waals surface area contributed by atoms with Crippen LogP contribution in [0.4, 0.5) is 0 Å². The van der Waals surface area contributed by atoms with Gasteiger partial charge in [0, 0.05) is 18.1 Å². The maximum absolute atomic E-state index is 6.13. The molecule has 0 spiro atoms. The molecule has 2 rings (SSSR count). The van der Waals surface area contributed by atoms with Gasteiger partial charge < -0.3 is 5.73 Å². The van der Waals surface area contributed by atoms with E-state index in [1.807, 2.05) is 0 Å². The summed E-state index contributed by atoms with van der Waals surface area (Å²) in [5.41, 5.74) is 6.13. The molecule has 1 saturated carbocycles. The number of rotatable bonds is 1. The first-order valence-electron chi connectivity index (χ1n) is 5.80. The van der Waals surface area contributed by atoms with Crippen molar-refractivity contribution in [2.75, 3.05) is 6.54 Å². The van der Waals surface area contributed by atoms with Crippen molar-refractivity contribution < 1.29 is 0 Å². The van der Waals surface area contributed by atoms with Gasteiger partial charge in [0.1, 0.15) is 0 Å². The smallest absolute Gasteiger partial charge is 0.0250 e. The first-order valence-corrected chi connectivity index (χ1v) is 5.80. The van der Waals surface area contributed by atoms with Gasteiger partial charge in [0.15, 0.2) is 0 Å². The maximum atomic E-state index is 6.13. The summed E-state index contributed by atoms with van der Waals surface area (Å²) in [6.45, 7) is 3.66. The second kappa shape index (κ2) is 3.97. The van der Waals surface area contributed by atoms with E-state index < -0.39 is 0 Å². The Labute approximate surface area is 81.5 Å². The second-order valence-electron chi connectivity index (χ2n) is 4.74. The van der Waals surface area contributed by atoms with Crippen molar-refractivity contribution in [1.29, 1.82) is 0 Å². The highest BCUT2D eigenvalue weighted by Gasteiger charge is 2.32. The fourth-order valence-electron chi connectivity index (χ4n) is 2.99. The molecule has 2 N–H and O–H groups in total. The molecule has 0 bridgehead atoms. The van der Waals surface area contributed by atoms with Crippen molar-refractivity contribution in [2.45, 2.75) is 63.6 Å². The lowest BCUT2D eigenvalue weighted by molar-refractivity contribution is 0.0994. The minimum Gasteiger partial charge on any atom is -0.326 e. The van der Waals surface area contributed by atoms with Gasteiger partial charge >= 0.3 is 0 Å². The second-order valence-corrected chi connectivity index (χ2v) is 4.74. The molecule has 2 heteroatoms. The van der Waals surface area contributed by atoms with Crippen LogP contribution in [0.2, 0.25) is 0 Å². The number of hydrogen-bond acceptors (Lipinski definition) is 2. The fourth-order valence-corrected chi connectivity index (χ4v) is 2.99. The molecule has 76 valence electrons. The molecule has 0 aromatic rings. The summed E-state index contributed by atoms with van der Waals surface area (Å²) in [4.78, 5) is 2.67. The lowest BCUT2D eigenvalue weighted by atomic mass is 9.99. The van der Waals surface area contributed by atoms with E-state index >= 15 is 0 Å². The summed E-state index contributed by atoms with van der Waals surface area (Å²) in [6.07, 6.45) is 8.10. The van der Waals surface area contributed by atoms with Gasteiger partial charge in [-0.05, 0) is 39.2 Å². The average molecular weight is 182 g/mol. The lowest BCUT2D eigenvalue weighted by Gasteiger charge is -2.39. The lowest BCUT2D eigenvalue weighted by Crippen LogP contribution is -2.50. The summed E-state index contributed by atoms with van der Waals surface area (Å²) in [5.74, 6) is 0. The molecule has 3 atom stereocenters. The van der Waals surface area contributed by atoms with E-state index in [-0.39, 0.29) is 0 Å². The molecule has 1 aliphatic carbocycles. The Balaban J connectivity index is 1.97. The molecule has 13 heavy (non-hydrogen) atoms. The van der Waals surface area contributed by atoms with E-state index in [1.165, 1.54) is 45.1 Å². The van der Waals surface area contributed by atoms with E-state index in [1.54, 1.807) is 0 Å². The van der Waals surface area contributed by atoms with Crippen LogP contribution < -0.4 is 5.73 Å². The normalized spacial score (nSPS) is 42.5. The Hall–Kier alpha value is -0.0800. The zero-order valence-corrected chi connectivity index (χ0v) is 8.71. The van der Waals surface area contributed by atoms with Crippen LogP contribution in [0.3, 0.4) is 0 Å². The number of nitrogens with zero attached hydrogens (tertiary/aromatic N) is 1. The van der Waals surface area contributed by atoms with Gasteiger partial charge in [-0.1, -0.05) is 12.8 Å². The van der Waals surface area contributed by atoms with E-state index in [0.717, 1.165) is 6.04 Å². The standard InChI is InChI=1S/C11H22N2/c1-9-5-2-3-8-13(9)11-7-4-6-10(11)12/h9-11H,2-8,12H2,1H3. The number of hydrogen-bond donors (Lipinski definition) is 1. The molecule has 3 unspecified atom stereocenters.